The minimum Gasteiger partial charge on any atom is -0.350 e. The average molecular weight is 425 g/mol. The van der Waals surface area contributed by atoms with Crippen LogP contribution in [0.15, 0.2) is 78.1 Å². The number of hydrogen-bond donors (Lipinski definition) is 2. The smallest absolute Gasteiger partial charge is 0.243 e. The molecule has 7 nitrogen and oxygen atoms in total. The summed E-state index contributed by atoms with van der Waals surface area (Å²) in [6.45, 7) is 0.481. The maximum absolute atomic E-state index is 13.5. The van der Waals surface area contributed by atoms with Gasteiger partial charge in [0.2, 0.25) is 15.9 Å². The summed E-state index contributed by atoms with van der Waals surface area (Å²) in [6.07, 6.45) is 4.41. The lowest BCUT2D eigenvalue weighted by molar-refractivity contribution is -0.126. The normalized spacial score (nSPS) is 20.0. The van der Waals surface area contributed by atoms with E-state index in [4.69, 9.17) is 0 Å². The van der Waals surface area contributed by atoms with Gasteiger partial charge in [0, 0.05) is 12.7 Å². The Hall–Kier alpha value is -2.97. The van der Waals surface area contributed by atoms with Crippen molar-refractivity contribution < 1.29 is 13.2 Å². The Labute approximate surface area is 176 Å². The van der Waals surface area contributed by atoms with E-state index in [1.54, 1.807) is 42.9 Å². The second kappa shape index (κ2) is 8.81. The molecule has 30 heavy (non-hydrogen) atoms. The van der Waals surface area contributed by atoms with Gasteiger partial charge >= 0.3 is 0 Å². The number of aromatic amines is 1. The number of piperidine rings is 1. The van der Waals surface area contributed by atoms with Crippen molar-refractivity contribution in [2.24, 2.45) is 5.92 Å². The second-order valence-electron chi connectivity index (χ2n) is 7.38. The zero-order chi connectivity index (χ0) is 21.0. The molecular weight excluding hydrogens is 400 g/mol. The number of sulfonamides is 1. The molecule has 0 spiro atoms. The molecule has 0 radical (unpaired) electrons. The highest BCUT2D eigenvalue weighted by molar-refractivity contribution is 7.89. The van der Waals surface area contributed by atoms with Crippen LogP contribution in [0.4, 0.5) is 0 Å². The molecule has 1 saturated heterocycles. The molecule has 0 unspecified atom stereocenters. The summed E-state index contributed by atoms with van der Waals surface area (Å²) in [6, 6.07) is 17.7. The van der Waals surface area contributed by atoms with Crippen LogP contribution < -0.4 is 5.32 Å². The topological polar surface area (TPSA) is 95.2 Å². The van der Waals surface area contributed by atoms with Crippen molar-refractivity contribution in [1.29, 1.82) is 0 Å². The maximum Gasteiger partial charge on any atom is 0.243 e. The predicted molar refractivity (Wildman–Crippen MR) is 113 cm³/mol. The van der Waals surface area contributed by atoms with Gasteiger partial charge in [-0.05, 0) is 30.5 Å². The largest absolute Gasteiger partial charge is 0.350 e. The number of imidazole rings is 1. The first-order valence-electron chi connectivity index (χ1n) is 9.92. The second-order valence-corrected chi connectivity index (χ2v) is 9.27. The Kier molecular flexibility index (Phi) is 5.96. The number of H-pyrrole nitrogens is 1. The summed E-state index contributed by atoms with van der Waals surface area (Å²) in [4.78, 5) is 19.9. The van der Waals surface area contributed by atoms with Crippen molar-refractivity contribution in [3.8, 4) is 0 Å². The van der Waals surface area contributed by atoms with Gasteiger partial charge in [0.05, 0.1) is 35.4 Å². The summed E-state index contributed by atoms with van der Waals surface area (Å²) in [5.41, 5.74) is 1.74. The molecule has 4 rings (SSSR count). The van der Waals surface area contributed by atoms with Gasteiger partial charge in [-0.25, -0.2) is 13.4 Å². The molecule has 1 aromatic heterocycles. The van der Waals surface area contributed by atoms with Gasteiger partial charge in [0.15, 0.2) is 0 Å². The number of benzene rings is 2. The highest BCUT2D eigenvalue weighted by Crippen LogP contribution is 2.37. The van der Waals surface area contributed by atoms with Gasteiger partial charge in [-0.15, -0.1) is 0 Å². The van der Waals surface area contributed by atoms with E-state index in [-0.39, 0.29) is 23.4 Å². The molecule has 1 aliphatic rings. The van der Waals surface area contributed by atoms with Crippen LogP contribution in [0, 0.1) is 5.92 Å². The number of hydrogen-bond acceptors (Lipinski definition) is 4. The molecule has 2 heterocycles. The number of nitrogens with one attached hydrogen (secondary N) is 2. The zero-order valence-electron chi connectivity index (χ0n) is 16.4. The number of carbonyl (C=O) groups is 1. The molecule has 2 atom stereocenters. The minimum absolute atomic E-state index is 0.144. The first-order chi connectivity index (χ1) is 14.6. The van der Waals surface area contributed by atoms with Crippen LogP contribution in [0.5, 0.6) is 0 Å². The fourth-order valence-corrected chi connectivity index (χ4v) is 5.57. The summed E-state index contributed by atoms with van der Waals surface area (Å²) in [7, 11) is -3.75. The van der Waals surface area contributed by atoms with E-state index < -0.39 is 15.9 Å². The van der Waals surface area contributed by atoms with E-state index in [2.05, 4.69) is 15.3 Å². The van der Waals surface area contributed by atoms with Crippen molar-refractivity contribution in [1.82, 2.24) is 19.6 Å². The van der Waals surface area contributed by atoms with Crippen LogP contribution in [-0.2, 0) is 21.4 Å². The minimum atomic E-state index is -3.75. The first-order valence-corrected chi connectivity index (χ1v) is 11.4. The molecule has 8 heteroatoms. The van der Waals surface area contributed by atoms with Gasteiger partial charge in [-0.3, -0.25) is 4.79 Å². The van der Waals surface area contributed by atoms with Crippen molar-refractivity contribution in [3.05, 3.63) is 84.4 Å². The van der Waals surface area contributed by atoms with Gasteiger partial charge in [0.1, 0.15) is 0 Å². The molecule has 1 aliphatic heterocycles. The monoisotopic (exact) mass is 424 g/mol. The Bertz CT molecular complexity index is 1070. The number of carbonyl (C=O) groups excluding carboxylic acids is 1. The maximum atomic E-state index is 13.5. The fraction of sp³-hybridized carbons (Fsp3) is 0.273. The fourth-order valence-electron chi connectivity index (χ4n) is 3.86. The zero-order valence-corrected chi connectivity index (χ0v) is 17.3. The van der Waals surface area contributed by atoms with Gasteiger partial charge in [-0.1, -0.05) is 48.5 Å². The van der Waals surface area contributed by atoms with Gasteiger partial charge < -0.3 is 10.3 Å². The van der Waals surface area contributed by atoms with Crippen LogP contribution in [0.1, 0.15) is 30.1 Å². The lowest BCUT2D eigenvalue weighted by atomic mass is 9.90. The molecule has 0 aliphatic carbocycles. The Morgan fingerprint density at radius 2 is 1.77 bits per heavy atom. The predicted octanol–water partition coefficient (Wildman–Crippen LogP) is 2.87. The third-order valence-corrected chi connectivity index (χ3v) is 7.34. The van der Waals surface area contributed by atoms with E-state index in [0.29, 0.717) is 19.4 Å². The van der Waals surface area contributed by atoms with E-state index in [9.17, 15) is 13.2 Å². The Morgan fingerprint density at radius 1 is 1.07 bits per heavy atom. The quantitative estimate of drug-likeness (QED) is 0.636. The standard InChI is InChI=1S/C22H24N4O3S/c27-22(24-14-19-13-23-16-25-19)18-11-12-21(17-7-3-1-4-8-17)26(15-18)30(28,29)20-9-5-2-6-10-20/h1-10,13,16,18,21H,11-12,14-15H2,(H,23,25)(H,24,27)/t18-,21-/m1/s1. The van der Waals surface area contributed by atoms with Crippen molar-refractivity contribution in [2.75, 3.05) is 6.54 Å². The molecule has 0 bridgehead atoms. The third kappa shape index (κ3) is 4.29. The van der Waals surface area contributed by atoms with E-state index in [1.165, 1.54) is 4.31 Å². The van der Waals surface area contributed by atoms with Gasteiger partial charge in [0.25, 0.3) is 0 Å². The molecule has 0 saturated carbocycles. The summed E-state index contributed by atoms with van der Waals surface area (Å²) in [5.74, 6) is -0.559. The molecule has 1 amide bonds. The van der Waals surface area contributed by atoms with Crippen molar-refractivity contribution >= 4 is 15.9 Å². The SMILES string of the molecule is O=C(NCc1cnc[nH]1)[C@@H]1CC[C@H](c2ccccc2)N(S(=O)(=O)c2ccccc2)C1. The lowest BCUT2D eigenvalue weighted by Gasteiger charge is -2.38. The van der Waals surface area contributed by atoms with Crippen LogP contribution in [0.25, 0.3) is 0 Å². The number of aromatic nitrogens is 2. The first kappa shape index (κ1) is 20.3. The third-order valence-electron chi connectivity index (χ3n) is 5.45. The lowest BCUT2D eigenvalue weighted by Crippen LogP contribution is -2.46. The summed E-state index contributed by atoms with van der Waals surface area (Å²) >= 11 is 0. The molecule has 1 fully saturated rings. The molecule has 3 aromatic rings. The van der Waals surface area contributed by atoms with Crippen LogP contribution in [0.3, 0.4) is 0 Å². The molecule has 2 N–H and O–H groups in total. The number of amides is 1. The molecule has 2 aromatic carbocycles. The highest BCUT2D eigenvalue weighted by Gasteiger charge is 2.39. The summed E-state index contributed by atoms with van der Waals surface area (Å²) < 4.78 is 28.4. The average Bonchev–Trinajstić information content (AvgIpc) is 3.32. The van der Waals surface area contributed by atoms with E-state index >= 15 is 0 Å². The molecular formula is C22H24N4O3S. The van der Waals surface area contributed by atoms with E-state index in [1.807, 2.05) is 30.3 Å². The van der Waals surface area contributed by atoms with Crippen LogP contribution in [-0.4, -0.2) is 35.1 Å². The molecule has 156 valence electrons. The van der Waals surface area contributed by atoms with Crippen LogP contribution in [0.2, 0.25) is 0 Å². The van der Waals surface area contributed by atoms with Crippen molar-refractivity contribution in [3.63, 3.8) is 0 Å². The van der Waals surface area contributed by atoms with Gasteiger partial charge in [-0.2, -0.15) is 4.31 Å². The summed E-state index contributed by atoms with van der Waals surface area (Å²) in [5, 5.41) is 2.89. The number of rotatable bonds is 6. The van der Waals surface area contributed by atoms with E-state index in [0.717, 1.165) is 11.3 Å². The Balaban J connectivity index is 1.58. The van der Waals surface area contributed by atoms with Crippen LogP contribution >= 0.6 is 0 Å². The highest BCUT2D eigenvalue weighted by atomic mass is 32.2. The van der Waals surface area contributed by atoms with Crippen molar-refractivity contribution in [2.45, 2.75) is 30.3 Å². The Morgan fingerprint density at radius 3 is 2.43 bits per heavy atom. The number of nitrogens with zero attached hydrogens (tertiary/aromatic N) is 2.